The van der Waals surface area contributed by atoms with Crippen molar-refractivity contribution in [1.82, 2.24) is 5.32 Å². The first kappa shape index (κ1) is 24.3. The van der Waals surface area contributed by atoms with Crippen molar-refractivity contribution in [3.05, 3.63) is 0 Å². The van der Waals surface area contributed by atoms with Gasteiger partial charge in [-0.3, -0.25) is 4.79 Å². The molecule has 4 aliphatic rings. The molecule has 0 aromatic carbocycles. The third-order valence-corrected chi connectivity index (χ3v) is 10.6. The van der Waals surface area contributed by atoms with Gasteiger partial charge >= 0.3 is 29.6 Å². The Labute approximate surface area is 239 Å². The van der Waals surface area contributed by atoms with Crippen molar-refractivity contribution in [2.24, 2.45) is 52.8 Å². The Kier molecular flexibility index (Phi) is 8.06. The van der Waals surface area contributed by atoms with Crippen LogP contribution < -0.4 is 34.9 Å². The Hall–Kier alpha value is 0.300. The number of aliphatic hydroxyl groups is 2. The van der Waals surface area contributed by atoms with Crippen molar-refractivity contribution in [3.63, 3.8) is 0 Å². The zero-order chi connectivity index (χ0) is 28.4. The summed E-state index contributed by atoms with van der Waals surface area (Å²) in [6.45, 7) is 6.16. The van der Waals surface area contributed by atoms with E-state index in [4.69, 9.17) is 5.48 Å². The molecular formula is C26H44NNaO6S. The largest absolute Gasteiger partial charge is 1.00 e. The molecule has 3 N–H and O–H groups in total. The average molecular weight is 526 g/mol. The molecule has 0 heterocycles. The normalized spacial score (nSPS) is 48.3. The predicted octanol–water partition coefficient (Wildman–Crippen LogP) is -0.0854. The fourth-order valence-corrected chi connectivity index (χ4v) is 8.65. The number of hydrogen-bond acceptors (Lipinski definition) is 6. The zero-order valence-electron chi connectivity index (χ0n) is 25.6. The summed E-state index contributed by atoms with van der Waals surface area (Å²) in [6.07, 6.45) is -2.64. The van der Waals surface area contributed by atoms with Crippen LogP contribution in [0.15, 0.2) is 0 Å². The Morgan fingerprint density at radius 2 is 1.97 bits per heavy atom. The van der Waals surface area contributed by atoms with Gasteiger partial charge in [0, 0.05) is 18.4 Å². The Morgan fingerprint density at radius 3 is 2.66 bits per heavy atom. The number of aliphatic hydroxyl groups excluding tert-OH is 2. The van der Waals surface area contributed by atoms with Gasteiger partial charge in [0.15, 0.2) is 0 Å². The molecule has 0 radical (unpaired) electrons. The van der Waals surface area contributed by atoms with E-state index in [-0.39, 0.29) is 84.9 Å². The van der Waals surface area contributed by atoms with E-state index in [9.17, 15) is 28.0 Å². The van der Waals surface area contributed by atoms with Crippen molar-refractivity contribution < 1.29 is 63.0 Å². The molecule has 35 heavy (non-hydrogen) atoms. The summed E-state index contributed by atoms with van der Waals surface area (Å²) < 4.78 is 66.5. The van der Waals surface area contributed by atoms with Gasteiger partial charge in [0.05, 0.1) is 28.1 Å². The van der Waals surface area contributed by atoms with Gasteiger partial charge in [-0.25, -0.2) is 8.42 Å². The van der Waals surface area contributed by atoms with Crippen LogP contribution in [0.1, 0.15) is 83.9 Å². The molecule has 1 amide bonds. The molecule has 196 valence electrons. The van der Waals surface area contributed by atoms with E-state index in [1.54, 1.807) is 0 Å². The number of carbonyl (C=O) groups excluding carboxylic acids is 1. The van der Waals surface area contributed by atoms with E-state index in [0.29, 0.717) is 24.2 Å². The average Bonchev–Trinajstić information content (AvgIpc) is 3.23. The maximum atomic E-state index is 12.2. The first-order valence-corrected chi connectivity index (χ1v) is 14.5. The Bertz CT molecular complexity index is 1020. The Balaban J connectivity index is 0.00000420. The van der Waals surface area contributed by atoms with E-state index < -0.39 is 52.2 Å². The van der Waals surface area contributed by atoms with Crippen LogP contribution in [-0.2, 0) is 14.9 Å². The molecule has 9 heteroatoms. The summed E-state index contributed by atoms with van der Waals surface area (Å²) in [4.78, 5) is 12.2. The second-order valence-corrected chi connectivity index (χ2v) is 13.3. The molecule has 4 fully saturated rings. The van der Waals surface area contributed by atoms with Crippen LogP contribution in [0.25, 0.3) is 0 Å². The summed E-state index contributed by atoms with van der Waals surface area (Å²) in [7, 11) is -4.36. The molecule has 7 nitrogen and oxygen atoms in total. The molecule has 4 aliphatic carbocycles. The van der Waals surface area contributed by atoms with E-state index in [1.807, 2.05) is 6.92 Å². The minimum Gasteiger partial charge on any atom is -0.748 e. The van der Waals surface area contributed by atoms with Gasteiger partial charge in [0.2, 0.25) is 5.91 Å². The van der Waals surface area contributed by atoms with Gasteiger partial charge in [-0.05, 0) is 104 Å². The smallest absolute Gasteiger partial charge is 0.748 e. The van der Waals surface area contributed by atoms with Gasteiger partial charge < -0.3 is 20.1 Å². The van der Waals surface area contributed by atoms with Crippen LogP contribution in [0.3, 0.4) is 0 Å². The monoisotopic (exact) mass is 525 g/mol. The molecule has 0 bridgehead atoms. The number of carbonyl (C=O) groups is 1. The summed E-state index contributed by atoms with van der Waals surface area (Å²) >= 11 is 0. The SMILES string of the molecule is [2H]C1([2H])C[C@]2(C)C3C[C@@H](C)C4C(CCC4[C@H](C)CCC(=O)NCCS(=O)(=O)[O-])C3[C@@H](O)CC2C([2H])([2H])[C@@H]1O.[Na+]. The molecule has 11 atom stereocenters. The summed E-state index contributed by atoms with van der Waals surface area (Å²) in [6, 6.07) is 0. The molecule has 0 aromatic heterocycles. The van der Waals surface area contributed by atoms with Crippen molar-refractivity contribution in [1.29, 1.82) is 0 Å². The van der Waals surface area contributed by atoms with Crippen LogP contribution in [-0.4, -0.2) is 53.6 Å². The summed E-state index contributed by atoms with van der Waals surface area (Å²) in [5.41, 5.74) is -0.658. The fraction of sp³-hybridized carbons (Fsp3) is 0.962. The number of hydrogen-bond donors (Lipinski definition) is 3. The fourth-order valence-electron chi connectivity index (χ4n) is 8.30. The van der Waals surface area contributed by atoms with Gasteiger partial charge in [0.1, 0.15) is 0 Å². The van der Waals surface area contributed by atoms with Crippen LogP contribution in [0, 0.1) is 52.8 Å². The first-order chi connectivity index (χ1) is 17.4. The number of amides is 1. The molecule has 4 saturated carbocycles. The topological polar surface area (TPSA) is 127 Å². The van der Waals surface area contributed by atoms with Crippen molar-refractivity contribution in [2.75, 3.05) is 12.3 Å². The third kappa shape index (κ3) is 6.31. The zero-order valence-corrected chi connectivity index (χ0v) is 24.4. The van der Waals surface area contributed by atoms with Crippen LogP contribution >= 0.6 is 0 Å². The first-order valence-electron chi connectivity index (χ1n) is 15.0. The van der Waals surface area contributed by atoms with E-state index >= 15 is 0 Å². The van der Waals surface area contributed by atoms with E-state index in [2.05, 4.69) is 19.2 Å². The van der Waals surface area contributed by atoms with Crippen molar-refractivity contribution in [3.8, 4) is 0 Å². The van der Waals surface area contributed by atoms with E-state index in [0.717, 1.165) is 19.3 Å². The van der Waals surface area contributed by atoms with Crippen LogP contribution in [0.2, 0.25) is 0 Å². The molecule has 0 aliphatic heterocycles. The number of nitrogens with one attached hydrogen (secondary N) is 1. The Morgan fingerprint density at radius 1 is 1.26 bits per heavy atom. The van der Waals surface area contributed by atoms with Gasteiger partial charge in [-0.15, -0.1) is 0 Å². The molecule has 6 unspecified atom stereocenters. The van der Waals surface area contributed by atoms with Crippen molar-refractivity contribution in [2.45, 2.75) is 90.7 Å². The summed E-state index contributed by atoms with van der Waals surface area (Å²) in [5.74, 6) is -0.0256. The van der Waals surface area contributed by atoms with E-state index in [1.165, 1.54) is 0 Å². The minimum atomic E-state index is -4.36. The van der Waals surface area contributed by atoms with Gasteiger partial charge in [-0.1, -0.05) is 20.8 Å². The molecular weight excluding hydrogens is 477 g/mol. The third-order valence-electron chi connectivity index (χ3n) is 9.90. The molecule has 0 aromatic rings. The second kappa shape index (κ2) is 11.6. The van der Waals surface area contributed by atoms with Crippen LogP contribution in [0.5, 0.6) is 0 Å². The standard InChI is InChI=1S/C26H45NO6S.Na/c1-15(4-7-23(30)27-10-11-34(31,32)33)19-5-6-20-24(19)16(2)12-21-25(20)22(29)14-17-13-18(28)8-9-26(17,21)3;/h15-22,24-25,28-29H,4-14H2,1-3H3,(H,27,30)(H,31,32,33);/q;+1/p-1/t15-,16-,17?,18-,19?,20?,21?,22+,24?,25?,26+;/m1./s1/i8D2,13D2;. The predicted molar refractivity (Wildman–Crippen MR) is 129 cm³/mol. The number of fused-ring (bicyclic) bond motifs is 5. The molecule has 4 rings (SSSR count). The van der Waals surface area contributed by atoms with Gasteiger partial charge in [-0.2, -0.15) is 0 Å². The molecule has 0 spiro atoms. The maximum Gasteiger partial charge on any atom is 1.00 e. The quantitative estimate of drug-likeness (QED) is 0.315. The second-order valence-electron chi connectivity index (χ2n) is 11.8. The number of rotatable bonds is 7. The van der Waals surface area contributed by atoms with Crippen molar-refractivity contribution >= 4 is 16.0 Å². The minimum absolute atomic E-state index is 0. The maximum absolute atomic E-state index is 12.2. The van der Waals surface area contributed by atoms with Crippen LogP contribution in [0.4, 0.5) is 0 Å². The molecule has 0 saturated heterocycles. The van der Waals surface area contributed by atoms with Gasteiger partial charge in [0.25, 0.3) is 0 Å². The summed E-state index contributed by atoms with van der Waals surface area (Å²) in [5, 5.41) is 24.5.